The predicted molar refractivity (Wildman–Crippen MR) is 206 cm³/mol. The second-order valence-electron chi connectivity index (χ2n) is 13.4. The van der Waals surface area contributed by atoms with Gasteiger partial charge in [-0.1, -0.05) is 125 Å². The Hall–Kier alpha value is -2.34. The van der Waals surface area contributed by atoms with E-state index in [4.69, 9.17) is 15.2 Å². The van der Waals surface area contributed by atoms with E-state index in [1.54, 1.807) is 5.30 Å². The summed E-state index contributed by atoms with van der Waals surface area (Å²) in [6, 6.07) is 33.7. The van der Waals surface area contributed by atoms with Gasteiger partial charge >= 0.3 is 27.7 Å². The number of hydrogen-bond acceptors (Lipinski definition) is 3. The molecule has 6 heteroatoms. The molecule has 0 amide bonds. The van der Waals surface area contributed by atoms with Crippen molar-refractivity contribution in [2.45, 2.75) is 115 Å². The molecule has 2 saturated carbocycles. The third-order valence-corrected chi connectivity index (χ3v) is 12.7. The first-order chi connectivity index (χ1) is 23.4. The molecule has 0 aromatic heterocycles. The molecule has 2 aliphatic carbocycles. The van der Waals surface area contributed by atoms with Crippen LogP contribution in [0, 0.1) is 0 Å². The monoisotopic (exact) mass is 776 g/mol. The van der Waals surface area contributed by atoms with Gasteiger partial charge in [0.15, 0.2) is 0 Å². The Morgan fingerprint density at radius 2 is 1.04 bits per heavy atom. The molecule has 2 fully saturated rings. The predicted octanol–water partition coefficient (Wildman–Crippen LogP) is 12.3. The second kappa shape index (κ2) is 20.4. The summed E-state index contributed by atoms with van der Waals surface area (Å²) >= 11 is 2.22. The van der Waals surface area contributed by atoms with Crippen LogP contribution >= 0.6 is 17.5 Å². The van der Waals surface area contributed by atoms with Crippen LogP contribution in [0.3, 0.4) is 0 Å². The van der Waals surface area contributed by atoms with Crippen LogP contribution < -0.4 is 20.5 Å². The fourth-order valence-corrected chi connectivity index (χ4v) is 11.1. The van der Waals surface area contributed by atoms with E-state index in [9.17, 15) is 0 Å². The fraction of sp³-hybridized carbons (Fsp3) is 0.429. The van der Waals surface area contributed by atoms with Gasteiger partial charge in [-0.25, -0.2) is 0 Å². The van der Waals surface area contributed by atoms with Gasteiger partial charge in [0.1, 0.15) is 11.5 Å². The number of ether oxygens (including phenoxy) is 2. The Morgan fingerprint density at radius 1 is 0.583 bits per heavy atom. The van der Waals surface area contributed by atoms with E-state index >= 15 is 0 Å². The van der Waals surface area contributed by atoms with Gasteiger partial charge in [-0.3, -0.25) is 0 Å². The van der Waals surface area contributed by atoms with Crippen LogP contribution in [0.25, 0.3) is 22.3 Å². The minimum absolute atomic E-state index is 0.128. The molecule has 0 unspecified atom stereocenters. The third-order valence-electron chi connectivity index (χ3n) is 9.15. The molecule has 0 aliphatic heterocycles. The van der Waals surface area contributed by atoms with Crippen molar-refractivity contribution in [3.63, 3.8) is 0 Å². The van der Waals surface area contributed by atoms with Gasteiger partial charge in [-0.05, 0) is 99.3 Å². The van der Waals surface area contributed by atoms with Crippen molar-refractivity contribution in [3.05, 3.63) is 97.1 Å². The van der Waals surface area contributed by atoms with Crippen molar-refractivity contribution >= 4 is 28.4 Å². The number of hydrogen-bond donors (Lipinski definition) is 1. The summed E-state index contributed by atoms with van der Waals surface area (Å²) in [4.78, 5) is 0. The Balaban J connectivity index is 0.000000288. The van der Waals surface area contributed by atoms with Gasteiger partial charge in [0.05, 0.1) is 17.8 Å². The molecule has 4 aromatic carbocycles. The summed E-state index contributed by atoms with van der Waals surface area (Å²) in [5.74, 6) is 1.91. The zero-order valence-electron chi connectivity index (χ0n) is 29.2. The van der Waals surface area contributed by atoms with E-state index < -0.39 is 0 Å². The molecule has 4 aromatic rings. The Labute approximate surface area is 306 Å². The van der Waals surface area contributed by atoms with Crippen LogP contribution in [-0.4, -0.2) is 23.5 Å². The third kappa shape index (κ3) is 10.8. The van der Waals surface area contributed by atoms with Crippen molar-refractivity contribution in [3.8, 4) is 33.8 Å². The molecule has 2 aliphatic rings. The number of rotatable bonds is 9. The zero-order valence-corrected chi connectivity index (χ0v) is 32.4. The van der Waals surface area contributed by atoms with Crippen LogP contribution in [0.5, 0.6) is 11.5 Å². The van der Waals surface area contributed by atoms with Gasteiger partial charge in [0.25, 0.3) is 0 Å². The average molecular weight is 778 g/mol. The zero-order chi connectivity index (χ0) is 34.3. The van der Waals surface area contributed by atoms with E-state index in [0.29, 0.717) is 0 Å². The normalized spacial score (nSPS) is 15.4. The van der Waals surface area contributed by atoms with Gasteiger partial charge in [-0.15, -0.1) is 0 Å². The number of anilines is 1. The van der Waals surface area contributed by atoms with Crippen molar-refractivity contribution in [1.29, 1.82) is 0 Å². The van der Waals surface area contributed by atoms with Crippen LogP contribution in [0.15, 0.2) is 97.1 Å². The first-order valence-electron chi connectivity index (χ1n) is 17.8. The molecule has 48 heavy (non-hydrogen) atoms. The van der Waals surface area contributed by atoms with Gasteiger partial charge < -0.3 is 15.2 Å². The molecule has 6 rings (SSSR count). The molecule has 3 nitrogen and oxygen atoms in total. The molecule has 0 atom stereocenters. The van der Waals surface area contributed by atoms with Crippen LogP contribution in [0.2, 0.25) is 0 Å². The SMILES string of the molecule is CC(C)Oc1cccc(OC(C)C)c1-c1ccccc1P(C1CCCCC1)C1CCCCC1.Nc1ccccc1-c1ccccc1.[Cl][Pd+]. The summed E-state index contributed by atoms with van der Waals surface area (Å²) in [6.45, 7) is 8.45. The first-order valence-corrected chi connectivity index (χ1v) is 21.3. The van der Waals surface area contributed by atoms with E-state index in [2.05, 4.69) is 110 Å². The number of nitrogen functional groups attached to an aromatic ring is 1. The first kappa shape index (κ1) is 38.5. The number of halogens is 1. The van der Waals surface area contributed by atoms with E-state index in [0.717, 1.165) is 39.6 Å². The van der Waals surface area contributed by atoms with Crippen molar-refractivity contribution in [1.82, 2.24) is 0 Å². The van der Waals surface area contributed by atoms with Crippen LogP contribution in [0.1, 0.15) is 91.9 Å². The van der Waals surface area contributed by atoms with E-state index in [-0.39, 0.29) is 20.1 Å². The number of nitrogens with two attached hydrogens (primary N) is 1. The van der Waals surface area contributed by atoms with Crippen LogP contribution in [-0.2, 0) is 18.2 Å². The standard InChI is InChI=1S/C30H43O2P.C12H11N.ClH.Pd/c1-22(2)31-27-19-13-20-28(32-23(3)4)30(27)26-18-11-12-21-29(26)33(24-14-7-5-8-15-24)25-16-9-6-10-17-25;13-12-9-5-4-8-11(12)10-6-2-1-3-7-10;;/h11-13,18-25H,5-10,14-17H2,1-4H3;1-9H,13H2;1H;/q;;;+2/p-1. The van der Waals surface area contributed by atoms with Crippen molar-refractivity contribution in [2.75, 3.05) is 5.73 Å². The van der Waals surface area contributed by atoms with Crippen molar-refractivity contribution < 1.29 is 27.7 Å². The second-order valence-corrected chi connectivity index (χ2v) is 16.2. The van der Waals surface area contributed by atoms with E-state index in [1.807, 2.05) is 42.5 Å². The average Bonchev–Trinajstić information content (AvgIpc) is 3.11. The summed E-state index contributed by atoms with van der Waals surface area (Å²) in [5, 5.41) is 1.60. The maximum atomic E-state index is 6.37. The van der Waals surface area contributed by atoms with Gasteiger partial charge in [0, 0.05) is 11.3 Å². The number of benzene rings is 4. The summed E-state index contributed by atoms with van der Waals surface area (Å²) in [6.07, 6.45) is 14.4. The quantitative estimate of drug-likeness (QED) is 0.105. The van der Waals surface area contributed by atoms with Gasteiger partial charge in [-0.2, -0.15) is 0 Å². The molecule has 2 N–H and O–H groups in total. The molecule has 260 valence electrons. The number of para-hydroxylation sites is 1. The van der Waals surface area contributed by atoms with Crippen molar-refractivity contribution in [2.24, 2.45) is 0 Å². The topological polar surface area (TPSA) is 44.5 Å². The molecule has 0 saturated heterocycles. The van der Waals surface area contributed by atoms with E-state index in [1.165, 1.54) is 75.3 Å². The van der Waals surface area contributed by atoms with Gasteiger partial charge in [0.2, 0.25) is 0 Å². The molecular weight excluding hydrogens is 723 g/mol. The summed E-state index contributed by atoms with van der Waals surface area (Å²) < 4.78 is 12.7. The molecule has 0 heterocycles. The molecule has 0 bridgehead atoms. The van der Waals surface area contributed by atoms with Crippen LogP contribution in [0.4, 0.5) is 5.69 Å². The molecule has 0 spiro atoms. The molecular formula is C42H54ClNO2PPd+. The molecule has 0 radical (unpaired) electrons. The summed E-state index contributed by atoms with van der Waals surface area (Å²) in [7, 11) is 4.28. The summed E-state index contributed by atoms with van der Waals surface area (Å²) in [5.41, 5.74) is 13.2. The maximum absolute atomic E-state index is 6.37. The Morgan fingerprint density at radius 3 is 1.54 bits per heavy atom. The minimum atomic E-state index is -0.213. The fourth-order valence-electron chi connectivity index (χ4n) is 7.18. The Kier molecular flexibility index (Phi) is 16.3. The Bertz CT molecular complexity index is 1460.